The van der Waals surface area contributed by atoms with E-state index in [2.05, 4.69) is 18.3 Å². The molecule has 1 N–H and O–H groups in total. The summed E-state index contributed by atoms with van der Waals surface area (Å²) in [5.41, 5.74) is 1.19. The molecule has 0 unspecified atom stereocenters. The van der Waals surface area contributed by atoms with Gasteiger partial charge in [-0.15, -0.1) is 0 Å². The predicted octanol–water partition coefficient (Wildman–Crippen LogP) is 2.09. The number of furan rings is 1. The van der Waals surface area contributed by atoms with Crippen LogP contribution in [-0.2, 0) is 6.54 Å². The summed E-state index contributed by atoms with van der Waals surface area (Å²) in [6.45, 7) is 6.09. The Balaban J connectivity index is 2.27. The molecule has 1 aromatic rings. The molecular formula is C9H15NO. The quantitative estimate of drug-likeness (QED) is 0.670. The SMILES string of the molecule is CCCNCc1cc(C)co1. The van der Waals surface area contributed by atoms with Gasteiger partial charge in [-0.1, -0.05) is 6.92 Å². The minimum atomic E-state index is 0.849. The second kappa shape index (κ2) is 4.19. The summed E-state index contributed by atoms with van der Waals surface area (Å²) in [5, 5.41) is 3.27. The molecule has 2 heteroatoms. The van der Waals surface area contributed by atoms with Crippen LogP contribution in [0.5, 0.6) is 0 Å². The Morgan fingerprint density at radius 3 is 2.91 bits per heavy atom. The second-order valence-corrected chi connectivity index (χ2v) is 2.77. The van der Waals surface area contributed by atoms with Crippen LogP contribution < -0.4 is 5.32 Å². The Hall–Kier alpha value is -0.760. The molecule has 11 heavy (non-hydrogen) atoms. The highest BCUT2D eigenvalue weighted by atomic mass is 16.3. The average molecular weight is 153 g/mol. The normalized spacial score (nSPS) is 10.4. The van der Waals surface area contributed by atoms with Crippen molar-refractivity contribution in [3.63, 3.8) is 0 Å². The van der Waals surface area contributed by atoms with Crippen molar-refractivity contribution in [3.05, 3.63) is 23.7 Å². The lowest BCUT2D eigenvalue weighted by molar-refractivity contribution is 0.482. The van der Waals surface area contributed by atoms with E-state index in [1.807, 2.05) is 6.92 Å². The molecule has 0 aliphatic rings. The van der Waals surface area contributed by atoms with Crippen molar-refractivity contribution in [2.75, 3.05) is 6.54 Å². The Morgan fingerprint density at radius 1 is 1.55 bits per heavy atom. The summed E-state index contributed by atoms with van der Waals surface area (Å²) in [4.78, 5) is 0. The average Bonchev–Trinajstić information content (AvgIpc) is 2.37. The Kier molecular flexibility index (Phi) is 3.17. The maximum Gasteiger partial charge on any atom is 0.117 e. The standard InChI is InChI=1S/C9H15NO/c1-3-4-10-6-9-5-8(2)7-11-9/h5,7,10H,3-4,6H2,1-2H3. The molecule has 62 valence electrons. The highest BCUT2D eigenvalue weighted by Crippen LogP contribution is 2.04. The monoisotopic (exact) mass is 153 g/mol. The zero-order chi connectivity index (χ0) is 8.10. The molecule has 1 aromatic heterocycles. The molecule has 0 fully saturated rings. The zero-order valence-corrected chi connectivity index (χ0v) is 7.18. The van der Waals surface area contributed by atoms with Gasteiger partial charge in [0.15, 0.2) is 0 Å². The number of nitrogens with one attached hydrogen (secondary N) is 1. The van der Waals surface area contributed by atoms with Crippen molar-refractivity contribution in [2.24, 2.45) is 0 Å². The van der Waals surface area contributed by atoms with E-state index in [-0.39, 0.29) is 0 Å². The van der Waals surface area contributed by atoms with E-state index in [0.717, 1.165) is 18.8 Å². The molecule has 0 aliphatic heterocycles. The van der Waals surface area contributed by atoms with Crippen LogP contribution in [0, 0.1) is 6.92 Å². The van der Waals surface area contributed by atoms with E-state index in [0.29, 0.717) is 0 Å². The van der Waals surface area contributed by atoms with E-state index in [4.69, 9.17) is 4.42 Å². The summed E-state index contributed by atoms with van der Waals surface area (Å²) < 4.78 is 5.25. The number of rotatable bonds is 4. The van der Waals surface area contributed by atoms with Gasteiger partial charge in [0.1, 0.15) is 5.76 Å². The van der Waals surface area contributed by atoms with Crippen molar-refractivity contribution in [2.45, 2.75) is 26.8 Å². The van der Waals surface area contributed by atoms with Crippen LogP contribution in [0.2, 0.25) is 0 Å². The fraction of sp³-hybridized carbons (Fsp3) is 0.556. The Labute approximate surface area is 67.6 Å². The van der Waals surface area contributed by atoms with Gasteiger partial charge in [-0.25, -0.2) is 0 Å². The van der Waals surface area contributed by atoms with Gasteiger partial charge in [-0.3, -0.25) is 0 Å². The van der Waals surface area contributed by atoms with E-state index < -0.39 is 0 Å². The maximum atomic E-state index is 5.25. The Morgan fingerprint density at radius 2 is 2.36 bits per heavy atom. The fourth-order valence-corrected chi connectivity index (χ4v) is 0.972. The summed E-state index contributed by atoms with van der Waals surface area (Å²) in [5.74, 6) is 1.02. The zero-order valence-electron chi connectivity index (χ0n) is 7.18. The fourth-order valence-electron chi connectivity index (χ4n) is 0.972. The minimum Gasteiger partial charge on any atom is -0.468 e. The van der Waals surface area contributed by atoms with Gasteiger partial charge >= 0.3 is 0 Å². The second-order valence-electron chi connectivity index (χ2n) is 2.77. The van der Waals surface area contributed by atoms with Crippen molar-refractivity contribution < 1.29 is 4.42 Å². The predicted molar refractivity (Wildman–Crippen MR) is 45.4 cm³/mol. The van der Waals surface area contributed by atoms with Crippen LogP contribution in [0.3, 0.4) is 0 Å². The first-order valence-electron chi connectivity index (χ1n) is 4.07. The molecule has 0 saturated heterocycles. The molecular weight excluding hydrogens is 138 g/mol. The lowest BCUT2D eigenvalue weighted by Gasteiger charge is -1.97. The Bertz CT molecular complexity index is 205. The van der Waals surface area contributed by atoms with Gasteiger partial charge in [-0.05, 0) is 31.5 Å². The topological polar surface area (TPSA) is 25.2 Å². The lowest BCUT2D eigenvalue weighted by Crippen LogP contribution is -2.12. The number of hydrogen-bond acceptors (Lipinski definition) is 2. The van der Waals surface area contributed by atoms with Crippen LogP contribution in [0.1, 0.15) is 24.7 Å². The first kappa shape index (κ1) is 8.34. The van der Waals surface area contributed by atoms with Gasteiger partial charge in [0, 0.05) is 0 Å². The first-order valence-corrected chi connectivity index (χ1v) is 4.07. The molecule has 2 nitrogen and oxygen atoms in total. The highest BCUT2D eigenvalue weighted by Gasteiger charge is 1.95. The summed E-state index contributed by atoms with van der Waals surface area (Å²) in [6, 6.07) is 2.06. The van der Waals surface area contributed by atoms with Crippen LogP contribution in [0.25, 0.3) is 0 Å². The third-order valence-electron chi connectivity index (χ3n) is 1.51. The van der Waals surface area contributed by atoms with E-state index >= 15 is 0 Å². The smallest absolute Gasteiger partial charge is 0.117 e. The highest BCUT2D eigenvalue weighted by molar-refractivity contribution is 5.09. The first-order chi connectivity index (χ1) is 5.33. The van der Waals surface area contributed by atoms with Crippen LogP contribution in [-0.4, -0.2) is 6.54 Å². The molecule has 0 bridgehead atoms. The molecule has 0 amide bonds. The van der Waals surface area contributed by atoms with Crippen molar-refractivity contribution >= 4 is 0 Å². The molecule has 0 aliphatic carbocycles. The van der Waals surface area contributed by atoms with Crippen LogP contribution >= 0.6 is 0 Å². The van der Waals surface area contributed by atoms with E-state index in [9.17, 15) is 0 Å². The van der Waals surface area contributed by atoms with Crippen LogP contribution in [0.15, 0.2) is 16.7 Å². The van der Waals surface area contributed by atoms with Gasteiger partial charge in [0.2, 0.25) is 0 Å². The minimum absolute atomic E-state index is 0.849. The lowest BCUT2D eigenvalue weighted by atomic mass is 10.3. The summed E-state index contributed by atoms with van der Waals surface area (Å²) >= 11 is 0. The van der Waals surface area contributed by atoms with E-state index in [1.165, 1.54) is 12.0 Å². The van der Waals surface area contributed by atoms with Gasteiger partial charge < -0.3 is 9.73 Å². The summed E-state index contributed by atoms with van der Waals surface area (Å²) in [6.07, 6.45) is 2.95. The molecule has 0 aromatic carbocycles. The molecule has 0 atom stereocenters. The van der Waals surface area contributed by atoms with Gasteiger partial charge in [-0.2, -0.15) is 0 Å². The van der Waals surface area contributed by atoms with Gasteiger partial charge in [0.25, 0.3) is 0 Å². The van der Waals surface area contributed by atoms with Gasteiger partial charge in [0.05, 0.1) is 12.8 Å². The number of aryl methyl sites for hydroxylation is 1. The third-order valence-corrected chi connectivity index (χ3v) is 1.51. The largest absolute Gasteiger partial charge is 0.468 e. The number of hydrogen-bond donors (Lipinski definition) is 1. The van der Waals surface area contributed by atoms with Crippen molar-refractivity contribution in [1.82, 2.24) is 5.32 Å². The molecule has 0 saturated carbocycles. The third kappa shape index (κ3) is 2.76. The van der Waals surface area contributed by atoms with Crippen molar-refractivity contribution in [1.29, 1.82) is 0 Å². The van der Waals surface area contributed by atoms with Crippen molar-refractivity contribution in [3.8, 4) is 0 Å². The molecule has 0 spiro atoms. The molecule has 1 rings (SSSR count). The van der Waals surface area contributed by atoms with Crippen LogP contribution in [0.4, 0.5) is 0 Å². The summed E-state index contributed by atoms with van der Waals surface area (Å²) in [7, 11) is 0. The molecule has 0 radical (unpaired) electrons. The molecule has 1 heterocycles. The van der Waals surface area contributed by atoms with E-state index in [1.54, 1.807) is 6.26 Å². The maximum absolute atomic E-state index is 5.25.